The molecule has 0 spiro atoms. The van der Waals surface area contributed by atoms with Crippen LogP contribution in [0.5, 0.6) is 0 Å². The zero-order chi connectivity index (χ0) is 13.1. The first-order valence-corrected chi connectivity index (χ1v) is 6.92. The molecule has 18 heavy (non-hydrogen) atoms. The molecule has 0 bridgehead atoms. The summed E-state index contributed by atoms with van der Waals surface area (Å²) in [6.07, 6.45) is 1.86. The molecule has 0 saturated heterocycles. The van der Waals surface area contributed by atoms with Crippen molar-refractivity contribution in [3.05, 3.63) is 45.4 Å². The van der Waals surface area contributed by atoms with Crippen molar-refractivity contribution in [2.45, 2.75) is 19.5 Å². The van der Waals surface area contributed by atoms with Gasteiger partial charge in [0.25, 0.3) is 0 Å². The molecular formula is C13H16ClN3S. The highest BCUT2D eigenvalue weighted by molar-refractivity contribution is 7.16. The van der Waals surface area contributed by atoms with Gasteiger partial charge in [0.1, 0.15) is 0 Å². The first kappa shape index (κ1) is 13.3. The summed E-state index contributed by atoms with van der Waals surface area (Å²) in [4.78, 5) is 7.73. The van der Waals surface area contributed by atoms with Crippen molar-refractivity contribution in [3.63, 3.8) is 0 Å². The fourth-order valence-corrected chi connectivity index (χ4v) is 2.80. The molecule has 96 valence electrons. The minimum Gasteiger partial charge on any atom is -0.368 e. The Morgan fingerprint density at radius 2 is 2.17 bits per heavy atom. The zero-order valence-corrected chi connectivity index (χ0v) is 12.0. The molecule has 0 aliphatic heterocycles. The van der Waals surface area contributed by atoms with Crippen LogP contribution in [0.2, 0.25) is 4.34 Å². The highest BCUT2D eigenvalue weighted by atomic mass is 35.5. The summed E-state index contributed by atoms with van der Waals surface area (Å²) in [5.74, 6) is 0. The van der Waals surface area contributed by atoms with Gasteiger partial charge in [-0.05, 0) is 31.2 Å². The first-order chi connectivity index (χ1) is 8.56. The number of anilines is 1. The lowest BCUT2D eigenvalue weighted by Gasteiger charge is -2.18. The number of halogens is 1. The molecule has 3 nitrogen and oxygen atoms in total. The van der Waals surface area contributed by atoms with E-state index in [1.165, 1.54) is 4.88 Å². The van der Waals surface area contributed by atoms with E-state index in [2.05, 4.69) is 9.88 Å². The zero-order valence-electron chi connectivity index (χ0n) is 10.4. The molecule has 0 amide bonds. The Morgan fingerprint density at radius 3 is 2.67 bits per heavy atom. The van der Waals surface area contributed by atoms with Crippen molar-refractivity contribution in [2.24, 2.45) is 5.73 Å². The number of nitrogens with two attached hydrogens (primary N) is 1. The van der Waals surface area contributed by atoms with E-state index in [9.17, 15) is 0 Å². The average molecular weight is 282 g/mol. The number of thiophene rings is 1. The van der Waals surface area contributed by atoms with Crippen molar-refractivity contribution < 1.29 is 0 Å². The largest absolute Gasteiger partial charge is 0.368 e. The number of rotatable bonds is 4. The van der Waals surface area contributed by atoms with Gasteiger partial charge in [0, 0.05) is 18.0 Å². The van der Waals surface area contributed by atoms with Gasteiger partial charge in [-0.2, -0.15) is 0 Å². The van der Waals surface area contributed by atoms with E-state index in [0.717, 1.165) is 22.3 Å². The van der Waals surface area contributed by atoms with Crippen LogP contribution < -0.4 is 10.6 Å². The van der Waals surface area contributed by atoms with Gasteiger partial charge in [-0.3, -0.25) is 4.98 Å². The summed E-state index contributed by atoms with van der Waals surface area (Å²) >= 11 is 7.52. The molecule has 2 aromatic rings. The van der Waals surface area contributed by atoms with Crippen molar-refractivity contribution in [1.82, 2.24) is 4.98 Å². The van der Waals surface area contributed by atoms with Crippen LogP contribution in [-0.2, 0) is 6.54 Å². The predicted molar refractivity (Wildman–Crippen MR) is 78.3 cm³/mol. The number of aromatic nitrogens is 1. The molecule has 0 aliphatic rings. The van der Waals surface area contributed by atoms with Gasteiger partial charge in [0.05, 0.1) is 28.5 Å². The summed E-state index contributed by atoms with van der Waals surface area (Å²) in [7, 11) is 2.04. The monoisotopic (exact) mass is 281 g/mol. The lowest BCUT2D eigenvalue weighted by atomic mass is 10.2. The third-order valence-electron chi connectivity index (χ3n) is 2.70. The Balaban J connectivity index is 2.06. The minimum absolute atomic E-state index is 0.0274. The normalized spacial score (nSPS) is 12.4. The third-order valence-corrected chi connectivity index (χ3v) is 3.92. The van der Waals surface area contributed by atoms with Crippen LogP contribution in [0, 0.1) is 0 Å². The van der Waals surface area contributed by atoms with E-state index in [1.807, 2.05) is 44.4 Å². The van der Waals surface area contributed by atoms with E-state index in [0.29, 0.717) is 0 Å². The molecule has 1 unspecified atom stereocenters. The predicted octanol–water partition coefficient (Wildman–Crippen LogP) is 3.45. The number of hydrogen-bond acceptors (Lipinski definition) is 4. The first-order valence-electron chi connectivity index (χ1n) is 5.73. The number of pyridine rings is 1. The van der Waals surface area contributed by atoms with Crippen LogP contribution in [0.25, 0.3) is 0 Å². The molecule has 0 radical (unpaired) electrons. The SMILES string of the molecule is CC(N)c1ccc(N(C)Cc2ccc(Cl)s2)cn1. The van der Waals surface area contributed by atoms with Crippen molar-refractivity contribution in [1.29, 1.82) is 0 Å². The summed E-state index contributed by atoms with van der Waals surface area (Å²) in [5, 5.41) is 0. The summed E-state index contributed by atoms with van der Waals surface area (Å²) in [5.41, 5.74) is 7.76. The van der Waals surface area contributed by atoms with Crippen LogP contribution >= 0.6 is 22.9 Å². The Kier molecular flexibility index (Phi) is 4.22. The average Bonchev–Trinajstić information content (AvgIpc) is 2.75. The van der Waals surface area contributed by atoms with E-state index in [-0.39, 0.29) is 6.04 Å². The lowest BCUT2D eigenvalue weighted by molar-refractivity contribution is 0.779. The van der Waals surface area contributed by atoms with Gasteiger partial charge >= 0.3 is 0 Å². The molecule has 1 atom stereocenters. The van der Waals surface area contributed by atoms with E-state index < -0.39 is 0 Å². The molecule has 2 heterocycles. The van der Waals surface area contributed by atoms with Crippen LogP contribution in [0.3, 0.4) is 0 Å². The second-order valence-corrected chi connectivity index (χ2v) is 6.09. The highest BCUT2D eigenvalue weighted by Crippen LogP contribution is 2.24. The van der Waals surface area contributed by atoms with Gasteiger partial charge in [-0.1, -0.05) is 11.6 Å². The lowest BCUT2D eigenvalue weighted by Crippen LogP contribution is -2.16. The summed E-state index contributed by atoms with van der Waals surface area (Å²) < 4.78 is 0.823. The van der Waals surface area contributed by atoms with Crippen LogP contribution in [0.4, 0.5) is 5.69 Å². The molecular weight excluding hydrogens is 266 g/mol. The van der Waals surface area contributed by atoms with Crippen LogP contribution in [0.1, 0.15) is 23.5 Å². The molecule has 0 fully saturated rings. The van der Waals surface area contributed by atoms with Gasteiger partial charge < -0.3 is 10.6 Å². The quantitative estimate of drug-likeness (QED) is 0.933. The Morgan fingerprint density at radius 1 is 1.39 bits per heavy atom. The topological polar surface area (TPSA) is 42.1 Å². The standard InChI is InChI=1S/C13H16ClN3S/c1-9(15)12-5-3-10(7-16-12)17(2)8-11-4-6-13(14)18-11/h3-7,9H,8,15H2,1-2H3. The Labute approximate surface area is 116 Å². The molecule has 0 aliphatic carbocycles. The maximum absolute atomic E-state index is 5.92. The van der Waals surface area contributed by atoms with E-state index in [1.54, 1.807) is 11.3 Å². The molecule has 2 N–H and O–H groups in total. The Bertz CT molecular complexity index is 507. The van der Waals surface area contributed by atoms with Crippen LogP contribution in [0.15, 0.2) is 30.5 Å². The molecule has 5 heteroatoms. The second kappa shape index (κ2) is 5.69. The Hall–Kier alpha value is -1.10. The van der Waals surface area contributed by atoms with Crippen molar-refractivity contribution in [3.8, 4) is 0 Å². The number of nitrogens with zero attached hydrogens (tertiary/aromatic N) is 2. The number of hydrogen-bond donors (Lipinski definition) is 1. The second-order valence-electron chi connectivity index (χ2n) is 4.29. The molecule has 0 saturated carbocycles. The summed E-state index contributed by atoms with van der Waals surface area (Å²) in [6, 6.07) is 7.96. The van der Waals surface area contributed by atoms with Gasteiger partial charge in [-0.15, -0.1) is 11.3 Å². The van der Waals surface area contributed by atoms with Gasteiger partial charge in [-0.25, -0.2) is 0 Å². The molecule has 2 aromatic heterocycles. The van der Waals surface area contributed by atoms with E-state index in [4.69, 9.17) is 17.3 Å². The van der Waals surface area contributed by atoms with Crippen LogP contribution in [-0.4, -0.2) is 12.0 Å². The molecule has 2 rings (SSSR count). The van der Waals surface area contributed by atoms with E-state index >= 15 is 0 Å². The van der Waals surface area contributed by atoms with Crippen molar-refractivity contribution in [2.75, 3.05) is 11.9 Å². The van der Waals surface area contributed by atoms with Gasteiger partial charge in [0.2, 0.25) is 0 Å². The third kappa shape index (κ3) is 3.22. The maximum atomic E-state index is 5.92. The fourth-order valence-electron chi connectivity index (χ4n) is 1.65. The molecule has 0 aromatic carbocycles. The highest BCUT2D eigenvalue weighted by Gasteiger charge is 2.06. The smallest absolute Gasteiger partial charge is 0.0931 e. The minimum atomic E-state index is -0.0274. The van der Waals surface area contributed by atoms with Gasteiger partial charge in [0.15, 0.2) is 0 Å². The maximum Gasteiger partial charge on any atom is 0.0931 e. The summed E-state index contributed by atoms with van der Waals surface area (Å²) in [6.45, 7) is 2.76. The fraction of sp³-hybridized carbons (Fsp3) is 0.308. The van der Waals surface area contributed by atoms with Crippen molar-refractivity contribution >= 4 is 28.6 Å².